The van der Waals surface area contributed by atoms with Gasteiger partial charge in [0.1, 0.15) is 0 Å². The molecule has 98 valence electrons. The van der Waals surface area contributed by atoms with Crippen LogP contribution in [0.5, 0.6) is 0 Å². The SMILES string of the molecule is OCC(c1ccccc1)(c1ccccc1)C1CCC1. The Hall–Kier alpha value is -1.60. The summed E-state index contributed by atoms with van der Waals surface area (Å²) >= 11 is 0. The van der Waals surface area contributed by atoms with Crippen LogP contribution in [-0.2, 0) is 5.41 Å². The summed E-state index contributed by atoms with van der Waals surface area (Å²) in [5.74, 6) is 0.558. The van der Waals surface area contributed by atoms with Crippen LogP contribution in [0.15, 0.2) is 60.7 Å². The molecule has 1 aliphatic carbocycles. The third-order valence-electron chi connectivity index (χ3n) is 4.63. The summed E-state index contributed by atoms with van der Waals surface area (Å²) in [5, 5.41) is 10.2. The summed E-state index contributed by atoms with van der Waals surface area (Å²) in [7, 11) is 0. The quantitative estimate of drug-likeness (QED) is 0.878. The molecule has 2 aromatic carbocycles. The number of rotatable bonds is 4. The van der Waals surface area contributed by atoms with Gasteiger partial charge in [0.2, 0.25) is 0 Å². The summed E-state index contributed by atoms with van der Waals surface area (Å²) in [6, 6.07) is 21.0. The molecule has 3 rings (SSSR count). The molecule has 0 radical (unpaired) electrons. The molecule has 0 heterocycles. The number of aliphatic hydroxyl groups excluding tert-OH is 1. The van der Waals surface area contributed by atoms with E-state index >= 15 is 0 Å². The highest BCUT2D eigenvalue weighted by molar-refractivity contribution is 5.41. The third-order valence-corrected chi connectivity index (χ3v) is 4.63. The summed E-state index contributed by atoms with van der Waals surface area (Å²) in [6.45, 7) is 0.186. The minimum absolute atomic E-state index is 0.186. The van der Waals surface area contributed by atoms with E-state index in [1.54, 1.807) is 0 Å². The lowest BCUT2D eigenvalue weighted by Crippen LogP contribution is -2.43. The molecule has 19 heavy (non-hydrogen) atoms. The van der Waals surface area contributed by atoms with Gasteiger partial charge in [-0.05, 0) is 29.9 Å². The molecule has 2 aromatic rings. The number of aliphatic hydroxyl groups is 1. The monoisotopic (exact) mass is 252 g/mol. The molecule has 0 bridgehead atoms. The van der Waals surface area contributed by atoms with E-state index in [1.807, 2.05) is 12.1 Å². The Morgan fingerprint density at radius 3 is 1.63 bits per heavy atom. The number of hydrogen-bond acceptors (Lipinski definition) is 1. The van der Waals surface area contributed by atoms with Crippen LogP contribution >= 0.6 is 0 Å². The van der Waals surface area contributed by atoms with Crippen molar-refractivity contribution in [2.24, 2.45) is 5.92 Å². The van der Waals surface area contributed by atoms with Gasteiger partial charge in [-0.25, -0.2) is 0 Å². The Morgan fingerprint density at radius 2 is 1.32 bits per heavy atom. The van der Waals surface area contributed by atoms with E-state index in [2.05, 4.69) is 48.5 Å². The topological polar surface area (TPSA) is 20.2 Å². The van der Waals surface area contributed by atoms with Gasteiger partial charge in [0.25, 0.3) is 0 Å². The Morgan fingerprint density at radius 1 is 0.842 bits per heavy atom. The van der Waals surface area contributed by atoms with Crippen LogP contribution in [0, 0.1) is 5.92 Å². The average Bonchev–Trinajstić information content (AvgIpc) is 2.44. The van der Waals surface area contributed by atoms with Gasteiger partial charge in [0, 0.05) is 5.41 Å². The largest absolute Gasteiger partial charge is 0.395 e. The van der Waals surface area contributed by atoms with Crippen LogP contribution in [0.3, 0.4) is 0 Å². The molecule has 1 N–H and O–H groups in total. The minimum Gasteiger partial charge on any atom is -0.395 e. The van der Waals surface area contributed by atoms with Crippen LogP contribution in [0.2, 0.25) is 0 Å². The highest BCUT2D eigenvalue weighted by Crippen LogP contribution is 2.48. The zero-order valence-electron chi connectivity index (χ0n) is 11.1. The van der Waals surface area contributed by atoms with Gasteiger partial charge in [0.15, 0.2) is 0 Å². The number of hydrogen-bond donors (Lipinski definition) is 1. The molecule has 0 saturated heterocycles. The molecule has 1 heteroatoms. The van der Waals surface area contributed by atoms with Gasteiger partial charge in [-0.1, -0.05) is 67.1 Å². The molecule has 0 spiro atoms. The summed E-state index contributed by atoms with van der Waals surface area (Å²) < 4.78 is 0. The summed E-state index contributed by atoms with van der Waals surface area (Å²) in [5.41, 5.74) is 2.27. The first-order valence-corrected chi connectivity index (χ1v) is 7.10. The maximum Gasteiger partial charge on any atom is 0.0571 e. The first-order chi connectivity index (χ1) is 9.38. The molecular weight excluding hydrogens is 232 g/mol. The Balaban J connectivity index is 2.14. The Bertz CT molecular complexity index is 474. The van der Waals surface area contributed by atoms with E-state index in [0.717, 1.165) is 0 Å². The molecule has 0 unspecified atom stereocenters. The van der Waals surface area contributed by atoms with Crippen molar-refractivity contribution in [3.8, 4) is 0 Å². The highest BCUT2D eigenvalue weighted by atomic mass is 16.3. The van der Waals surface area contributed by atoms with E-state index < -0.39 is 0 Å². The molecule has 0 aromatic heterocycles. The fraction of sp³-hybridized carbons (Fsp3) is 0.333. The highest BCUT2D eigenvalue weighted by Gasteiger charge is 2.43. The van der Waals surface area contributed by atoms with Gasteiger partial charge in [-0.15, -0.1) is 0 Å². The second kappa shape index (κ2) is 5.18. The summed E-state index contributed by atoms with van der Waals surface area (Å²) in [6.07, 6.45) is 3.71. The van der Waals surface area contributed by atoms with Gasteiger partial charge in [0.05, 0.1) is 6.61 Å². The lowest BCUT2D eigenvalue weighted by atomic mass is 9.59. The molecular formula is C18H20O. The maximum atomic E-state index is 10.2. The molecule has 0 aliphatic heterocycles. The first-order valence-electron chi connectivity index (χ1n) is 7.10. The van der Waals surface area contributed by atoms with Crippen LogP contribution in [0.4, 0.5) is 0 Å². The average molecular weight is 252 g/mol. The van der Waals surface area contributed by atoms with Gasteiger partial charge in [-0.2, -0.15) is 0 Å². The van der Waals surface area contributed by atoms with Crippen molar-refractivity contribution < 1.29 is 5.11 Å². The van der Waals surface area contributed by atoms with Crippen LogP contribution < -0.4 is 0 Å². The van der Waals surface area contributed by atoms with E-state index in [0.29, 0.717) is 5.92 Å². The van der Waals surface area contributed by atoms with Crippen molar-refractivity contribution in [2.75, 3.05) is 6.61 Å². The van der Waals surface area contributed by atoms with Gasteiger partial charge >= 0.3 is 0 Å². The molecule has 1 saturated carbocycles. The lowest BCUT2D eigenvalue weighted by molar-refractivity contribution is 0.115. The van der Waals surface area contributed by atoms with Crippen molar-refractivity contribution in [2.45, 2.75) is 24.7 Å². The fourth-order valence-electron chi connectivity index (χ4n) is 3.32. The zero-order valence-corrected chi connectivity index (χ0v) is 11.1. The van der Waals surface area contributed by atoms with Crippen molar-refractivity contribution in [1.82, 2.24) is 0 Å². The second-order valence-electron chi connectivity index (χ2n) is 5.49. The molecule has 1 fully saturated rings. The van der Waals surface area contributed by atoms with E-state index in [9.17, 15) is 5.11 Å². The van der Waals surface area contributed by atoms with Gasteiger partial charge in [-0.3, -0.25) is 0 Å². The van der Waals surface area contributed by atoms with E-state index in [4.69, 9.17) is 0 Å². The van der Waals surface area contributed by atoms with Crippen LogP contribution in [0.1, 0.15) is 30.4 Å². The standard InChI is InChI=1S/C18H20O/c19-14-18(17-12-7-13-17,15-8-3-1-4-9-15)16-10-5-2-6-11-16/h1-6,8-11,17,19H,7,12-14H2. The van der Waals surface area contributed by atoms with Crippen molar-refractivity contribution in [3.05, 3.63) is 71.8 Å². The first kappa shape index (κ1) is 12.4. The predicted octanol–water partition coefficient (Wildman–Crippen LogP) is 3.77. The second-order valence-corrected chi connectivity index (χ2v) is 5.49. The van der Waals surface area contributed by atoms with E-state index in [1.165, 1.54) is 30.4 Å². The lowest BCUT2D eigenvalue weighted by Gasteiger charge is -2.45. The van der Waals surface area contributed by atoms with Gasteiger partial charge < -0.3 is 5.11 Å². The van der Waals surface area contributed by atoms with Crippen LogP contribution in [-0.4, -0.2) is 11.7 Å². The van der Waals surface area contributed by atoms with Crippen molar-refractivity contribution in [3.63, 3.8) is 0 Å². The molecule has 0 atom stereocenters. The Kier molecular flexibility index (Phi) is 3.39. The molecule has 0 amide bonds. The molecule has 1 nitrogen and oxygen atoms in total. The van der Waals surface area contributed by atoms with Crippen LogP contribution in [0.25, 0.3) is 0 Å². The number of benzene rings is 2. The Labute approximate surface area is 114 Å². The maximum absolute atomic E-state index is 10.2. The molecule has 1 aliphatic rings. The van der Waals surface area contributed by atoms with Crippen molar-refractivity contribution >= 4 is 0 Å². The normalized spacial score (nSPS) is 16.1. The van der Waals surface area contributed by atoms with E-state index in [-0.39, 0.29) is 12.0 Å². The van der Waals surface area contributed by atoms with Crippen molar-refractivity contribution in [1.29, 1.82) is 0 Å². The zero-order chi connectivity index (χ0) is 13.1. The minimum atomic E-state index is -0.221. The fourth-order valence-corrected chi connectivity index (χ4v) is 3.32. The predicted molar refractivity (Wildman–Crippen MR) is 78.1 cm³/mol. The smallest absolute Gasteiger partial charge is 0.0571 e. The third kappa shape index (κ3) is 1.98. The summed E-state index contributed by atoms with van der Waals surface area (Å²) in [4.78, 5) is 0.